The molecule has 0 atom stereocenters. The molecule has 0 spiro atoms. The minimum absolute atomic E-state index is 0.0985. The Kier molecular flexibility index (Phi) is 3.37. The summed E-state index contributed by atoms with van der Waals surface area (Å²) in [6.45, 7) is 0.551. The highest BCUT2D eigenvalue weighted by molar-refractivity contribution is 5.94. The van der Waals surface area contributed by atoms with Crippen LogP contribution in [0.15, 0.2) is 54.7 Å². The van der Waals surface area contributed by atoms with E-state index in [4.69, 9.17) is 0 Å². The van der Waals surface area contributed by atoms with Gasteiger partial charge in [0.2, 0.25) is 0 Å². The summed E-state index contributed by atoms with van der Waals surface area (Å²) in [6.07, 6.45) is 3.95. The zero-order valence-corrected chi connectivity index (χ0v) is 12.6. The van der Waals surface area contributed by atoms with E-state index in [1.165, 1.54) is 12.1 Å². The Morgan fingerprint density at radius 3 is 2.83 bits per heavy atom. The molecule has 1 N–H and O–H groups in total. The molecular formula is C19H17FN2O. The molecule has 0 saturated heterocycles. The topological polar surface area (TPSA) is 36.1 Å². The Hall–Kier alpha value is -2.62. The molecule has 1 aromatic heterocycles. The van der Waals surface area contributed by atoms with Crippen LogP contribution >= 0.6 is 0 Å². The Labute approximate surface area is 133 Å². The number of rotatable bonds is 4. The second kappa shape index (κ2) is 5.54. The zero-order chi connectivity index (χ0) is 15.8. The summed E-state index contributed by atoms with van der Waals surface area (Å²) < 4.78 is 13.4. The van der Waals surface area contributed by atoms with Gasteiger partial charge in [0.15, 0.2) is 0 Å². The van der Waals surface area contributed by atoms with E-state index in [0.29, 0.717) is 12.1 Å². The lowest BCUT2D eigenvalue weighted by Gasteiger charge is -2.23. The highest BCUT2D eigenvalue weighted by Gasteiger charge is 2.33. The van der Waals surface area contributed by atoms with E-state index in [9.17, 15) is 9.18 Å². The van der Waals surface area contributed by atoms with Gasteiger partial charge in [0, 0.05) is 29.9 Å². The molecule has 3 nitrogen and oxygen atoms in total. The third kappa shape index (κ3) is 2.84. The maximum absolute atomic E-state index is 13.4. The molecule has 4 rings (SSSR count). The molecule has 0 bridgehead atoms. The summed E-state index contributed by atoms with van der Waals surface area (Å²) in [4.78, 5) is 17.8. The van der Waals surface area contributed by atoms with E-state index in [0.717, 1.165) is 29.3 Å². The molecule has 1 aliphatic rings. The van der Waals surface area contributed by atoms with Gasteiger partial charge in [-0.3, -0.25) is 4.79 Å². The number of nitrogens with zero attached hydrogens (tertiary/aromatic N) is 1. The average molecular weight is 308 g/mol. The smallest absolute Gasteiger partial charge is 0.254 e. The minimum Gasteiger partial charge on any atom is -0.361 e. The van der Waals surface area contributed by atoms with Crippen LogP contribution in [0.5, 0.6) is 0 Å². The number of aromatic nitrogens is 1. The summed E-state index contributed by atoms with van der Waals surface area (Å²) in [6, 6.07) is 14.4. The first kappa shape index (κ1) is 14.0. The summed E-state index contributed by atoms with van der Waals surface area (Å²) >= 11 is 0. The Balaban J connectivity index is 1.61. The fourth-order valence-electron chi connectivity index (χ4n) is 2.93. The molecular weight excluding hydrogens is 291 g/mol. The summed E-state index contributed by atoms with van der Waals surface area (Å²) in [5.74, 6) is -0.474. The van der Waals surface area contributed by atoms with Crippen molar-refractivity contribution in [3.8, 4) is 0 Å². The van der Waals surface area contributed by atoms with Crippen molar-refractivity contribution in [1.29, 1.82) is 0 Å². The predicted octanol–water partition coefficient (Wildman–Crippen LogP) is 4.11. The maximum atomic E-state index is 13.4. The van der Waals surface area contributed by atoms with Gasteiger partial charge in [-0.15, -0.1) is 0 Å². The van der Waals surface area contributed by atoms with Gasteiger partial charge in [0.05, 0.1) is 0 Å². The van der Waals surface area contributed by atoms with Crippen molar-refractivity contribution >= 4 is 16.8 Å². The van der Waals surface area contributed by atoms with E-state index in [1.807, 2.05) is 23.2 Å². The van der Waals surface area contributed by atoms with Crippen LogP contribution < -0.4 is 0 Å². The third-order valence-corrected chi connectivity index (χ3v) is 4.29. The molecule has 3 aromatic rings. The number of nitrogens with one attached hydrogen (secondary N) is 1. The number of H-pyrrole nitrogens is 1. The molecule has 0 radical (unpaired) electrons. The van der Waals surface area contributed by atoms with E-state index in [1.54, 1.807) is 12.1 Å². The lowest BCUT2D eigenvalue weighted by atomic mass is 10.1. The van der Waals surface area contributed by atoms with Crippen LogP contribution in [0.2, 0.25) is 0 Å². The van der Waals surface area contributed by atoms with Crippen LogP contribution in [0, 0.1) is 5.82 Å². The van der Waals surface area contributed by atoms with Crippen molar-refractivity contribution in [2.45, 2.75) is 25.4 Å². The monoisotopic (exact) mass is 308 g/mol. The second-order valence-corrected chi connectivity index (χ2v) is 6.07. The predicted molar refractivity (Wildman–Crippen MR) is 87.6 cm³/mol. The fraction of sp³-hybridized carbons (Fsp3) is 0.211. The van der Waals surface area contributed by atoms with Crippen LogP contribution in [-0.2, 0) is 6.54 Å². The number of carbonyl (C=O) groups is 1. The number of hydrogen-bond acceptors (Lipinski definition) is 1. The van der Waals surface area contributed by atoms with Crippen molar-refractivity contribution < 1.29 is 9.18 Å². The molecule has 1 amide bonds. The fourth-order valence-corrected chi connectivity index (χ4v) is 2.93. The first-order valence-corrected chi connectivity index (χ1v) is 7.83. The highest BCUT2D eigenvalue weighted by Crippen LogP contribution is 2.30. The standard InChI is InChI=1S/C19H17FN2O/c20-16-3-1-2-15(11-16)19(23)22(17-6-7-17)12-13-4-5-14-8-9-21-18(14)10-13/h1-5,8-11,17,21H,6-7,12H2. The number of hydrogen-bond donors (Lipinski definition) is 1. The van der Waals surface area contributed by atoms with Crippen LogP contribution in [0.3, 0.4) is 0 Å². The van der Waals surface area contributed by atoms with Gasteiger partial charge in [0.1, 0.15) is 5.82 Å². The Morgan fingerprint density at radius 2 is 2.04 bits per heavy atom. The Morgan fingerprint density at radius 1 is 1.17 bits per heavy atom. The lowest BCUT2D eigenvalue weighted by molar-refractivity contribution is 0.0729. The summed E-state index contributed by atoms with van der Waals surface area (Å²) in [7, 11) is 0. The molecule has 116 valence electrons. The summed E-state index contributed by atoms with van der Waals surface area (Å²) in [5, 5.41) is 1.16. The number of halogens is 1. The molecule has 4 heteroatoms. The van der Waals surface area contributed by atoms with Gasteiger partial charge in [-0.25, -0.2) is 4.39 Å². The zero-order valence-electron chi connectivity index (χ0n) is 12.6. The van der Waals surface area contributed by atoms with Crippen molar-refractivity contribution in [2.75, 3.05) is 0 Å². The van der Waals surface area contributed by atoms with E-state index < -0.39 is 0 Å². The summed E-state index contributed by atoms with van der Waals surface area (Å²) in [5.41, 5.74) is 2.56. The maximum Gasteiger partial charge on any atom is 0.254 e. The number of fused-ring (bicyclic) bond motifs is 1. The molecule has 0 aliphatic heterocycles. The lowest BCUT2D eigenvalue weighted by Crippen LogP contribution is -2.32. The van der Waals surface area contributed by atoms with E-state index in [-0.39, 0.29) is 17.8 Å². The Bertz CT molecular complexity index is 866. The third-order valence-electron chi connectivity index (χ3n) is 4.29. The van der Waals surface area contributed by atoms with E-state index >= 15 is 0 Å². The SMILES string of the molecule is O=C(c1cccc(F)c1)N(Cc1ccc2cc[nH]c2c1)C1CC1. The van der Waals surface area contributed by atoms with Gasteiger partial charge in [-0.2, -0.15) is 0 Å². The molecule has 1 saturated carbocycles. The van der Waals surface area contributed by atoms with Crippen molar-refractivity contribution in [1.82, 2.24) is 9.88 Å². The van der Waals surface area contributed by atoms with Crippen LogP contribution in [0.25, 0.3) is 10.9 Å². The quantitative estimate of drug-likeness (QED) is 0.773. The first-order valence-electron chi connectivity index (χ1n) is 7.83. The molecule has 23 heavy (non-hydrogen) atoms. The largest absolute Gasteiger partial charge is 0.361 e. The molecule has 2 aromatic carbocycles. The normalized spacial score (nSPS) is 14.1. The van der Waals surface area contributed by atoms with Crippen LogP contribution in [0.4, 0.5) is 4.39 Å². The molecule has 1 fully saturated rings. The van der Waals surface area contributed by atoms with Crippen molar-refractivity contribution in [2.24, 2.45) is 0 Å². The molecule has 0 unspecified atom stereocenters. The van der Waals surface area contributed by atoms with E-state index in [2.05, 4.69) is 17.1 Å². The van der Waals surface area contributed by atoms with Gasteiger partial charge in [0.25, 0.3) is 5.91 Å². The highest BCUT2D eigenvalue weighted by atomic mass is 19.1. The van der Waals surface area contributed by atoms with Crippen molar-refractivity contribution in [3.63, 3.8) is 0 Å². The number of benzene rings is 2. The van der Waals surface area contributed by atoms with Gasteiger partial charge in [-0.05, 0) is 54.1 Å². The van der Waals surface area contributed by atoms with Crippen molar-refractivity contribution in [3.05, 3.63) is 71.7 Å². The molecule has 1 heterocycles. The average Bonchev–Trinajstić information content (AvgIpc) is 3.29. The number of carbonyl (C=O) groups excluding carboxylic acids is 1. The second-order valence-electron chi connectivity index (χ2n) is 6.07. The molecule has 1 aliphatic carbocycles. The van der Waals surface area contributed by atoms with Crippen LogP contribution in [-0.4, -0.2) is 21.8 Å². The minimum atomic E-state index is -0.376. The van der Waals surface area contributed by atoms with Gasteiger partial charge < -0.3 is 9.88 Å². The number of amides is 1. The van der Waals surface area contributed by atoms with Gasteiger partial charge >= 0.3 is 0 Å². The number of aromatic amines is 1. The first-order chi connectivity index (χ1) is 11.2. The van der Waals surface area contributed by atoms with Gasteiger partial charge in [-0.1, -0.05) is 18.2 Å². The van der Waals surface area contributed by atoms with Crippen LogP contribution in [0.1, 0.15) is 28.8 Å².